The Hall–Kier alpha value is -0.540. The third-order valence-corrected chi connectivity index (χ3v) is 3.62. The minimum atomic E-state index is 0.157. The molecule has 1 N–H and O–H groups in total. The van der Waals surface area contributed by atoms with E-state index in [0.29, 0.717) is 0 Å². The Morgan fingerprint density at radius 2 is 2.06 bits per heavy atom. The number of halogens is 1. The van der Waals surface area contributed by atoms with Gasteiger partial charge in [-0.1, -0.05) is 12.1 Å². The fourth-order valence-corrected chi connectivity index (χ4v) is 2.82. The van der Waals surface area contributed by atoms with Crippen molar-refractivity contribution in [2.75, 3.05) is 18.0 Å². The van der Waals surface area contributed by atoms with Crippen LogP contribution in [0.15, 0.2) is 22.7 Å². The molecule has 16 heavy (non-hydrogen) atoms. The number of nitrogens with one attached hydrogen (secondary N) is 1. The van der Waals surface area contributed by atoms with Gasteiger partial charge in [0, 0.05) is 29.6 Å². The first-order valence-corrected chi connectivity index (χ1v) is 6.55. The molecule has 88 valence electrons. The number of fused-ring (bicyclic) bond motifs is 1. The van der Waals surface area contributed by atoms with E-state index in [-0.39, 0.29) is 5.54 Å². The molecule has 0 saturated heterocycles. The normalized spacial score (nSPS) is 16.9. The van der Waals surface area contributed by atoms with Gasteiger partial charge in [0.2, 0.25) is 0 Å². The van der Waals surface area contributed by atoms with Crippen LogP contribution >= 0.6 is 15.9 Å². The van der Waals surface area contributed by atoms with Crippen LogP contribution in [-0.2, 0) is 6.54 Å². The molecular weight excluding hydrogens is 264 g/mol. The molecule has 1 heterocycles. The molecule has 1 aliphatic heterocycles. The highest BCUT2D eigenvalue weighted by Crippen LogP contribution is 2.35. The zero-order valence-corrected chi connectivity index (χ0v) is 11.8. The quantitative estimate of drug-likeness (QED) is 0.787. The Morgan fingerprint density at radius 1 is 1.31 bits per heavy atom. The van der Waals surface area contributed by atoms with Crippen LogP contribution in [0.3, 0.4) is 0 Å². The topological polar surface area (TPSA) is 15.3 Å². The van der Waals surface area contributed by atoms with Crippen LogP contribution < -0.4 is 10.2 Å². The summed E-state index contributed by atoms with van der Waals surface area (Å²) < 4.78 is 1.20. The highest BCUT2D eigenvalue weighted by atomic mass is 79.9. The number of rotatable bonds is 0. The third-order valence-electron chi connectivity index (χ3n) is 2.98. The summed E-state index contributed by atoms with van der Waals surface area (Å²) in [5.74, 6) is 0. The average Bonchev–Trinajstić information content (AvgIpc) is 2.39. The molecule has 1 aromatic carbocycles. The lowest BCUT2D eigenvalue weighted by Crippen LogP contribution is -2.44. The summed E-state index contributed by atoms with van der Waals surface area (Å²) >= 11 is 3.68. The van der Waals surface area contributed by atoms with Gasteiger partial charge in [-0.3, -0.25) is 0 Å². The lowest BCUT2D eigenvalue weighted by atomic mass is 10.0. The van der Waals surface area contributed by atoms with Gasteiger partial charge < -0.3 is 10.2 Å². The van der Waals surface area contributed by atoms with E-state index in [2.05, 4.69) is 65.1 Å². The van der Waals surface area contributed by atoms with E-state index in [4.69, 9.17) is 0 Å². The van der Waals surface area contributed by atoms with Gasteiger partial charge in [-0.25, -0.2) is 0 Å². The van der Waals surface area contributed by atoms with E-state index in [1.165, 1.54) is 15.7 Å². The molecule has 1 aromatic rings. The van der Waals surface area contributed by atoms with Crippen LogP contribution in [0.4, 0.5) is 5.69 Å². The standard InChI is InChI=1S/C13H19BrN2/c1-13(2,3)16-8-7-15-9-10-5-4-6-11(14)12(10)16/h4-6,15H,7-9H2,1-3H3. The van der Waals surface area contributed by atoms with Gasteiger partial charge in [-0.05, 0) is 48.3 Å². The molecule has 0 aliphatic carbocycles. The zero-order valence-electron chi connectivity index (χ0n) is 10.2. The highest BCUT2D eigenvalue weighted by molar-refractivity contribution is 9.10. The fourth-order valence-electron chi connectivity index (χ4n) is 2.20. The minimum absolute atomic E-state index is 0.157. The summed E-state index contributed by atoms with van der Waals surface area (Å²) in [5, 5.41) is 3.47. The van der Waals surface area contributed by atoms with Crippen LogP contribution in [-0.4, -0.2) is 18.6 Å². The van der Waals surface area contributed by atoms with E-state index < -0.39 is 0 Å². The van der Waals surface area contributed by atoms with Crippen LogP contribution in [0, 0.1) is 0 Å². The summed E-state index contributed by atoms with van der Waals surface area (Å²) in [6.07, 6.45) is 0. The van der Waals surface area contributed by atoms with Crippen LogP contribution in [0.1, 0.15) is 26.3 Å². The molecule has 1 aliphatic rings. The first-order valence-electron chi connectivity index (χ1n) is 5.76. The van der Waals surface area contributed by atoms with Crippen LogP contribution in [0.2, 0.25) is 0 Å². The first-order chi connectivity index (χ1) is 7.50. The first kappa shape index (κ1) is 11.9. The van der Waals surface area contributed by atoms with Crippen molar-refractivity contribution in [3.8, 4) is 0 Å². The summed E-state index contributed by atoms with van der Waals surface area (Å²) in [4.78, 5) is 2.48. The largest absolute Gasteiger partial charge is 0.364 e. The Bertz CT molecular complexity index is 382. The second-order valence-corrected chi connectivity index (χ2v) is 6.10. The van der Waals surface area contributed by atoms with Crippen molar-refractivity contribution in [1.29, 1.82) is 0 Å². The van der Waals surface area contributed by atoms with Crippen LogP contribution in [0.25, 0.3) is 0 Å². The lowest BCUT2D eigenvalue weighted by Gasteiger charge is -2.38. The molecule has 0 unspecified atom stereocenters. The molecular formula is C13H19BrN2. The van der Waals surface area contributed by atoms with E-state index in [9.17, 15) is 0 Å². The van der Waals surface area contributed by atoms with Gasteiger partial charge in [0.15, 0.2) is 0 Å². The molecule has 0 atom stereocenters. The Morgan fingerprint density at radius 3 is 2.75 bits per heavy atom. The van der Waals surface area contributed by atoms with Gasteiger partial charge in [0.05, 0.1) is 5.69 Å². The second kappa shape index (κ2) is 4.38. The maximum Gasteiger partial charge on any atom is 0.0561 e. The molecule has 2 rings (SSSR count). The molecule has 2 nitrogen and oxygen atoms in total. The fraction of sp³-hybridized carbons (Fsp3) is 0.538. The number of para-hydroxylation sites is 1. The van der Waals surface area contributed by atoms with Crippen molar-refractivity contribution in [3.63, 3.8) is 0 Å². The molecule has 0 radical (unpaired) electrons. The predicted octanol–water partition coefficient (Wildman–Crippen LogP) is 3.16. The summed E-state index contributed by atoms with van der Waals surface area (Å²) in [6.45, 7) is 9.85. The van der Waals surface area contributed by atoms with E-state index >= 15 is 0 Å². The van der Waals surface area contributed by atoms with Crippen molar-refractivity contribution in [2.45, 2.75) is 32.9 Å². The van der Waals surface area contributed by atoms with Crippen molar-refractivity contribution < 1.29 is 0 Å². The Balaban J connectivity index is 2.51. The van der Waals surface area contributed by atoms with E-state index in [1.54, 1.807) is 0 Å². The number of benzene rings is 1. The summed E-state index contributed by atoms with van der Waals surface area (Å²) in [5.41, 5.74) is 2.88. The smallest absolute Gasteiger partial charge is 0.0561 e. The summed E-state index contributed by atoms with van der Waals surface area (Å²) in [6, 6.07) is 6.44. The molecule has 0 amide bonds. The van der Waals surface area contributed by atoms with Gasteiger partial charge >= 0.3 is 0 Å². The van der Waals surface area contributed by atoms with Crippen molar-refractivity contribution in [1.82, 2.24) is 5.32 Å². The lowest BCUT2D eigenvalue weighted by molar-refractivity contribution is 0.501. The zero-order chi connectivity index (χ0) is 11.8. The molecule has 0 fully saturated rings. The monoisotopic (exact) mass is 282 g/mol. The third kappa shape index (κ3) is 2.25. The Labute approximate surface area is 106 Å². The number of nitrogens with zero attached hydrogens (tertiary/aromatic N) is 1. The number of anilines is 1. The Kier molecular flexibility index (Phi) is 3.27. The van der Waals surface area contributed by atoms with E-state index in [1.807, 2.05) is 0 Å². The maximum atomic E-state index is 3.68. The van der Waals surface area contributed by atoms with Gasteiger partial charge in [0.25, 0.3) is 0 Å². The van der Waals surface area contributed by atoms with Gasteiger partial charge in [0.1, 0.15) is 0 Å². The molecule has 0 spiro atoms. The second-order valence-electron chi connectivity index (χ2n) is 5.25. The molecule has 0 aromatic heterocycles. The molecule has 0 saturated carbocycles. The predicted molar refractivity (Wildman–Crippen MR) is 72.9 cm³/mol. The highest BCUT2D eigenvalue weighted by Gasteiger charge is 2.26. The van der Waals surface area contributed by atoms with Gasteiger partial charge in [-0.15, -0.1) is 0 Å². The number of hydrogen-bond acceptors (Lipinski definition) is 2. The van der Waals surface area contributed by atoms with Gasteiger partial charge in [-0.2, -0.15) is 0 Å². The van der Waals surface area contributed by atoms with Crippen molar-refractivity contribution in [3.05, 3.63) is 28.2 Å². The minimum Gasteiger partial charge on any atom is -0.364 e. The maximum absolute atomic E-state index is 3.68. The van der Waals surface area contributed by atoms with E-state index in [0.717, 1.165) is 19.6 Å². The molecule has 3 heteroatoms. The number of hydrogen-bond donors (Lipinski definition) is 1. The van der Waals surface area contributed by atoms with Crippen molar-refractivity contribution >= 4 is 21.6 Å². The van der Waals surface area contributed by atoms with Crippen molar-refractivity contribution in [2.24, 2.45) is 0 Å². The average molecular weight is 283 g/mol. The van der Waals surface area contributed by atoms with Crippen LogP contribution in [0.5, 0.6) is 0 Å². The molecule has 0 bridgehead atoms. The summed E-state index contributed by atoms with van der Waals surface area (Å²) in [7, 11) is 0. The SMILES string of the molecule is CC(C)(C)N1CCNCc2cccc(Br)c21.